The molecule has 0 heterocycles. The van der Waals surface area contributed by atoms with Gasteiger partial charge in [0.05, 0.1) is 24.4 Å². The zero-order valence-corrected chi connectivity index (χ0v) is 13.4. The second-order valence-electron chi connectivity index (χ2n) is 4.20. The zero-order chi connectivity index (χ0) is 18.3. The summed E-state index contributed by atoms with van der Waals surface area (Å²) in [7, 11) is -6.62. The predicted molar refractivity (Wildman–Crippen MR) is 76.6 cm³/mol. The number of halogens is 4. The van der Waals surface area contributed by atoms with Gasteiger partial charge in [-0.25, -0.2) is 8.42 Å². The van der Waals surface area contributed by atoms with Crippen LogP contribution in [0, 0.1) is 12.3 Å². The van der Waals surface area contributed by atoms with E-state index in [-0.39, 0.29) is 28.7 Å². The van der Waals surface area contributed by atoms with Crippen molar-refractivity contribution in [3.8, 4) is 5.75 Å². The van der Waals surface area contributed by atoms with Crippen LogP contribution in [0.4, 0.5) is 23.0 Å². The van der Waals surface area contributed by atoms with Crippen molar-refractivity contribution in [2.75, 3.05) is 26.6 Å². The number of diazo groups is 1. The number of hydrogen-bond acceptors (Lipinski definition) is 5. The summed E-state index contributed by atoms with van der Waals surface area (Å²) in [6.45, 7) is 1.75. The van der Waals surface area contributed by atoms with E-state index in [2.05, 4.69) is 4.98 Å². The number of hydrogen-bond donors (Lipinski definition) is 0. The van der Waals surface area contributed by atoms with Crippen LogP contribution in [0.3, 0.4) is 0 Å². The Balaban J connectivity index is 0.000000841. The molecule has 0 saturated heterocycles. The molecule has 0 N–H and O–H groups in total. The molecule has 130 valence electrons. The number of sulfone groups is 1. The van der Waals surface area contributed by atoms with E-state index in [0.717, 1.165) is 0 Å². The highest BCUT2D eigenvalue weighted by atomic mass is 32.2. The third kappa shape index (κ3) is 7.80. The van der Waals surface area contributed by atoms with Crippen molar-refractivity contribution < 1.29 is 35.2 Å². The van der Waals surface area contributed by atoms with E-state index in [1.54, 1.807) is 6.92 Å². The minimum atomic E-state index is -6.00. The fraction of sp³-hybridized carbons (Fsp3) is 0.455. The molecule has 0 atom stereocenters. The number of aryl methyl sites for hydroxylation is 1. The van der Waals surface area contributed by atoms with Gasteiger partial charge in [0.1, 0.15) is 0 Å². The molecule has 1 rings (SSSR count). The highest BCUT2D eigenvalue weighted by molar-refractivity contribution is 7.91. The molecular formula is C11H15BF4N2O4S. The van der Waals surface area contributed by atoms with Gasteiger partial charge in [-0.1, -0.05) is 0 Å². The molecule has 0 bridgehead atoms. The number of ether oxygens (including phenoxy) is 2. The molecule has 0 fully saturated rings. The van der Waals surface area contributed by atoms with Crippen molar-refractivity contribution in [1.82, 2.24) is 0 Å². The summed E-state index contributed by atoms with van der Waals surface area (Å²) in [4.78, 5) is 3.20. The molecule has 0 unspecified atom stereocenters. The maximum atomic E-state index is 12.1. The summed E-state index contributed by atoms with van der Waals surface area (Å²) in [5.41, 5.74) is 0.695. The largest absolute Gasteiger partial charge is 0.673 e. The number of methoxy groups -OCH3 is 2. The van der Waals surface area contributed by atoms with Gasteiger partial charge in [-0.3, -0.25) is 0 Å². The maximum absolute atomic E-state index is 12.1. The van der Waals surface area contributed by atoms with E-state index < -0.39 is 17.1 Å². The standard InChI is InChI=1S/C11H15N2O4S.BF4/c1-8-6-9(13-12)10(17-3)7-11(8)18(14,15)5-4-16-2;2-1(3,4)5/h6-7H,4-5H2,1-3H3;/q+1;-1. The molecule has 0 amide bonds. The van der Waals surface area contributed by atoms with Crippen LogP contribution < -0.4 is 4.74 Å². The third-order valence-corrected chi connectivity index (χ3v) is 4.29. The van der Waals surface area contributed by atoms with Gasteiger partial charge in [0.25, 0.3) is 0 Å². The van der Waals surface area contributed by atoms with Gasteiger partial charge in [0.2, 0.25) is 11.1 Å². The first-order valence-corrected chi connectivity index (χ1v) is 7.74. The highest BCUT2D eigenvalue weighted by Crippen LogP contribution is 2.33. The Kier molecular flexibility index (Phi) is 7.98. The van der Waals surface area contributed by atoms with Crippen LogP contribution in [0.15, 0.2) is 17.0 Å². The van der Waals surface area contributed by atoms with Crippen molar-refractivity contribution in [1.29, 1.82) is 5.39 Å². The Hall–Kier alpha value is -1.87. The number of nitrogens with zero attached hydrogens (tertiary/aromatic N) is 2. The Morgan fingerprint density at radius 1 is 1.22 bits per heavy atom. The van der Waals surface area contributed by atoms with Crippen molar-refractivity contribution in [3.05, 3.63) is 22.7 Å². The molecular weight excluding hydrogens is 343 g/mol. The van der Waals surface area contributed by atoms with Crippen LogP contribution >= 0.6 is 0 Å². The van der Waals surface area contributed by atoms with Gasteiger partial charge in [-0.05, 0) is 12.5 Å². The molecule has 0 spiro atoms. The molecule has 0 aliphatic rings. The Morgan fingerprint density at radius 3 is 2.13 bits per heavy atom. The molecule has 1 aromatic rings. The summed E-state index contributed by atoms with van der Waals surface area (Å²) in [6.07, 6.45) is 0. The summed E-state index contributed by atoms with van der Waals surface area (Å²) in [5.74, 6) is 0.0995. The van der Waals surface area contributed by atoms with Gasteiger partial charge in [0.15, 0.2) is 14.8 Å². The highest BCUT2D eigenvalue weighted by Gasteiger charge is 2.24. The quantitative estimate of drug-likeness (QED) is 0.459. The Bertz CT molecular complexity index is 668. The van der Waals surface area contributed by atoms with E-state index in [1.165, 1.54) is 26.4 Å². The summed E-state index contributed by atoms with van der Waals surface area (Å²) in [5, 5.41) is 8.78. The predicted octanol–water partition coefficient (Wildman–Crippen LogP) is 3.21. The van der Waals surface area contributed by atoms with Crippen LogP contribution in [-0.2, 0) is 14.6 Å². The van der Waals surface area contributed by atoms with Crippen LogP contribution in [-0.4, -0.2) is 42.3 Å². The fourth-order valence-electron chi connectivity index (χ4n) is 1.53. The molecule has 12 heteroatoms. The second-order valence-corrected chi connectivity index (χ2v) is 6.27. The van der Waals surface area contributed by atoms with E-state index in [0.29, 0.717) is 5.56 Å². The minimum Gasteiger partial charge on any atom is -0.489 e. The zero-order valence-electron chi connectivity index (χ0n) is 12.6. The minimum absolute atomic E-state index is 0.108. The van der Waals surface area contributed by atoms with Crippen molar-refractivity contribution in [3.63, 3.8) is 0 Å². The Morgan fingerprint density at radius 2 is 1.74 bits per heavy atom. The van der Waals surface area contributed by atoms with E-state index in [9.17, 15) is 25.7 Å². The van der Waals surface area contributed by atoms with E-state index in [1.807, 2.05) is 0 Å². The topological polar surface area (TPSA) is 80.8 Å². The molecule has 0 aromatic heterocycles. The molecule has 1 aromatic carbocycles. The van der Waals surface area contributed by atoms with E-state index >= 15 is 0 Å². The molecule has 0 radical (unpaired) electrons. The first kappa shape index (κ1) is 21.1. The second kappa shape index (κ2) is 8.69. The molecule has 23 heavy (non-hydrogen) atoms. The van der Waals surface area contributed by atoms with Crippen LogP contribution in [0.1, 0.15) is 5.56 Å². The third-order valence-electron chi connectivity index (χ3n) is 2.48. The monoisotopic (exact) mass is 358 g/mol. The van der Waals surface area contributed by atoms with Crippen molar-refractivity contribution in [2.45, 2.75) is 11.8 Å². The van der Waals surface area contributed by atoms with Gasteiger partial charge >= 0.3 is 12.9 Å². The summed E-state index contributed by atoms with van der Waals surface area (Å²) < 4.78 is 72.9. The van der Waals surface area contributed by atoms with Crippen LogP contribution in [0.25, 0.3) is 4.98 Å². The fourth-order valence-corrected chi connectivity index (χ4v) is 2.98. The normalized spacial score (nSPS) is 11.2. The smallest absolute Gasteiger partial charge is 0.489 e. The first-order chi connectivity index (χ1) is 10.5. The van der Waals surface area contributed by atoms with E-state index in [4.69, 9.17) is 14.9 Å². The van der Waals surface area contributed by atoms with Gasteiger partial charge in [-0.15, -0.1) is 0 Å². The van der Waals surface area contributed by atoms with Crippen LogP contribution in [0.2, 0.25) is 0 Å². The van der Waals surface area contributed by atoms with Crippen molar-refractivity contribution >= 4 is 22.8 Å². The summed E-state index contributed by atoms with van der Waals surface area (Å²) >= 11 is 0. The molecule has 6 nitrogen and oxygen atoms in total. The van der Waals surface area contributed by atoms with Gasteiger partial charge in [-0.2, -0.15) is 0 Å². The lowest BCUT2D eigenvalue weighted by Gasteiger charge is -2.07. The lowest BCUT2D eigenvalue weighted by atomic mass is 10.2. The van der Waals surface area contributed by atoms with Gasteiger partial charge in [0, 0.05) is 19.2 Å². The molecule has 0 aliphatic carbocycles. The Labute approximate surface area is 131 Å². The number of rotatable bonds is 5. The molecule has 0 aliphatic heterocycles. The van der Waals surface area contributed by atoms with Crippen molar-refractivity contribution in [2.24, 2.45) is 0 Å². The SMILES string of the molecule is COCCS(=O)(=O)c1cc(OC)c([N+]#N)cc1C.F[B-](F)(F)F. The maximum Gasteiger partial charge on any atom is 0.673 e. The molecule has 0 saturated carbocycles. The average molecular weight is 358 g/mol. The lowest BCUT2D eigenvalue weighted by molar-refractivity contribution is 0.217. The lowest BCUT2D eigenvalue weighted by Crippen LogP contribution is -2.12. The number of benzene rings is 1. The average Bonchev–Trinajstić information content (AvgIpc) is 2.42. The summed E-state index contributed by atoms with van der Waals surface area (Å²) in [6, 6.07) is 2.81. The van der Waals surface area contributed by atoms with Gasteiger partial charge < -0.3 is 26.7 Å². The van der Waals surface area contributed by atoms with Crippen LogP contribution in [0.5, 0.6) is 5.75 Å². The first-order valence-electron chi connectivity index (χ1n) is 6.09.